The van der Waals surface area contributed by atoms with E-state index in [9.17, 15) is 16.8 Å². The van der Waals surface area contributed by atoms with E-state index in [2.05, 4.69) is 4.72 Å². The van der Waals surface area contributed by atoms with E-state index in [1.165, 1.54) is 36.4 Å². The van der Waals surface area contributed by atoms with Crippen molar-refractivity contribution in [1.82, 2.24) is 4.72 Å². The van der Waals surface area contributed by atoms with Crippen LogP contribution >= 0.6 is 0 Å². The van der Waals surface area contributed by atoms with Gasteiger partial charge >= 0.3 is 0 Å². The lowest BCUT2D eigenvalue weighted by Gasteiger charge is -2.11. The number of primary sulfonamides is 1. The molecular formula is C16H18N2O6S2. The molecule has 0 spiro atoms. The van der Waals surface area contributed by atoms with Crippen LogP contribution in [-0.2, 0) is 26.6 Å². The van der Waals surface area contributed by atoms with Gasteiger partial charge in [0.2, 0.25) is 20.0 Å². The van der Waals surface area contributed by atoms with Crippen molar-refractivity contribution in [3.63, 3.8) is 0 Å². The first kappa shape index (κ1) is 18.6. The summed E-state index contributed by atoms with van der Waals surface area (Å²) in [6.07, 6.45) is 0.726. The van der Waals surface area contributed by atoms with Gasteiger partial charge in [-0.25, -0.2) is 26.7 Å². The highest BCUT2D eigenvalue weighted by Crippen LogP contribution is 2.31. The zero-order valence-electron chi connectivity index (χ0n) is 13.7. The van der Waals surface area contributed by atoms with Gasteiger partial charge in [0.15, 0.2) is 11.5 Å². The Bertz CT molecular complexity index is 1000. The van der Waals surface area contributed by atoms with Crippen molar-refractivity contribution in [1.29, 1.82) is 0 Å². The van der Waals surface area contributed by atoms with E-state index < -0.39 is 20.0 Å². The van der Waals surface area contributed by atoms with E-state index in [-0.39, 0.29) is 16.3 Å². The van der Waals surface area contributed by atoms with Gasteiger partial charge < -0.3 is 9.47 Å². The Balaban J connectivity index is 1.74. The molecule has 2 aromatic rings. The SMILES string of the molecule is NS(=O)(=O)c1ccc(CNS(=O)(=O)c2ccc3c(c2)OCCCO3)cc1. The van der Waals surface area contributed by atoms with Crippen molar-refractivity contribution in [2.75, 3.05) is 13.2 Å². The number of nitrogens with one attached hydrogen (secondary N) is 1. The zero-order valence-corrected chi connectivity index (χ0v) is 15.3. The van der Waals surface area contributed by atoms with Gasteiger partial charge in [-0.1, -0.05) is 12.1 Å². The average Bonchev–Trinajstić information content (AvgIpc) is 2.84. The molecule has 10 heteroatoms. The Morgan fingerprint density at radius 2 is 1.50 bits per heavy atom. The van der Waals surface area contributed by atoms with Crippen LogP contribution in [0.3, 0.4) is 0 Å². The lowest BCUT2D eigenvalue weighted by atomic mass is 10.2. The molecule has 0 radical (unpaired) electrons. The minimum atomic E-state index is -3.78. The number of ether oxygens (including phenoxy) is 2. The summed E-state index contributed by atoms with van der Waals surface area (Å²) in [5.74, 6) is 0.905. The molecule has 0 amide bonds. The molecule has 0 saturated carbocycles. The Morgan fingerprint density at radius 1 is 0.885 bits per heavy atom. The average molecular weight is 398 g/mol. The Morgan fingerprint density at radius 3 is 2.15 bits per heavy atom. The first-order chi connectivity index (χ1) is 12.3. The van der Waals surface area contributed by atoms with Crippen molar-refractivity contribution < 1.29 is 26.3 Å². The summed E-state index contributed by atoms with van der Waals surface area (Å²) >= 11 is 0. The first-order valence-electron chi connectivity index (χ1n) is 7.77. The molecular weight excluding hydrogens is 380 g/mol. The molecule has 0 atom stereocenters. The van der Waals surface area contributed by atoms with Crippen LogP contribution in [0.2, 0.25) is 0 Å². The third kappa shape index (κ3) is 4.33. The van der Waals surface area contributed by atoms with E-state index in [1.54, 1.807) is 6.07 Å². The number of hydrogen-bond donors (Lipinski definition) is 2. The molecule has 0 saturated heterocycles. The number of fused-ring (bicyclic) bond motifs is 1. The maximum atomic E-state index is 12.5. The molecule has 0 unspecified atom stereocenters. The van der Waals surface area contributed by atoms with Crippen LogP contribution in [0.4, 0.5) is 0 Å². The van der Waals surface area contributed by atoms with E-state index in [1.807, 2.05) is 0 Å². The van der Waals surface area contributed by atoms with Crippen molar-refractivity contribution in [2.24, 2.45) is 5.14 Å². The Kier molecular flexibility index (Phi) is 5.19. The van der Waals surface area contributed by atoms with Crippen molar-refractivity contribution in [3.8, 4) is 11.5 Å². The second-order valence-corrected chi connectivity index (χ2v) is 9.00. The summed E-state index contributed by atoms with van der Waals surface area (Å²) in [7, 11) is -7.55. The summed E-state index contributed by atoms with van der Waals surface area (Å²) in [5.41, 5.74) is 0.593. The molecule has 0 bridgehead atoms. The van der Waals surface area contributed by atoms with Crippen LogP contribution in [0.1, 0.15) is 12.0 Å². The fourth-order valence-corrected chi connectivity index (χ4v) is 3.92. The Hall–Kier alpha value is -2.14. The number of hydrogen-bond acceptors (Lipinski definition) is 6. The van der Waals surface area contributed by atoms with Crippen LogP contribution in [-0.4, -0.2) is 30.0 Å². The van der Waals surface area contributed by atoms with Gasteiger partial charge in [-0.15, -0.1) is 0 Å². The van der Waals surface area contributed by atoms with Crippen molar-refractivity contribution in [2.45, 2.75) is 22.8 Å². The molecule has 1 heterocycles. The van der Waals surface area contributed by atoms with E-state index in [0.29, 0.717) is 30.3 Å². The molecule has 1 aliphatic rings. The molecule has 0 fully saturated rings. The number of rotatable bonds is 5. The van der Waals surface area contributed by atoms with Crippen molar-refractivity contribution >= 4 is 20.0 Å². The van der Waals surface area contributed by atoms with Gasteiger partial charge in [0.25, 0.3) is 0 Å². The van der Waals surface area contributed by atoms with Gasteiger partial charge in [0.1, 0.15) is 0 Å². The van der Waals surface area contributed by atoms with Gasteiger partial charge in [0, 0.05) is 19.0 Å². The number of sulfonamides is 2. The lowest BCUT2D eigenvalue weighted by molar-refractivity contribution is 0.297. The highest BCUT2D eigenvalue weighted by molar-refractivity contribution is 7.89. The minimum Gasteiger partial charge on any atom is -0.490 e. The second-order valence-electron chi connectivity index (χ2n) is 5.67. The normalized spacial score (nSPS) is 14.7. The summed E-state index contributed by atoms with van der Waals surface area (Å²) in [6, 6.07) is 10.1. The minimum absolute atomic E-state index is 0.00166. The quantitative estimate of drug-likeness (QED) is 0.773. The monoisotopic (exact) mass is 398 g/mol. The van der Waals surface area contributed by atoms with E-state index in [4.69, 9.17) is 14.6 Å². The highest BCUT2D eigenvalue weighted by Gasteiger charge is 2.18. The summed E-state index contributed by atoms with van der Waals surface area (Å²) in [6.45, 7) is 0.980. The summed E-state index contributed by atoms with van der Waals surface area (Å²) in [4.78, 5) is 0.0231. The van der Waals surface area contributed by atoms with Crippen LogP contribution in [0.25, 0.3) is 0 Å². The predicted octanol–water partition coefficient (Wildman–Crippen LogP) is 0.974. The molecule has 3 rings (SSSR count). The zero-order chi connectivity index (χ0) is 18.8. The third-order valence-electron chi connectivity index (χ3n) is 3.75. The fraction of sp³-hybridized carbons (Fsp3) is 0.250. The smallest absolute Gasteiger partial charge is 0.241 e. The van der Waals surface area contributed by atoms with Crippen LogP contribution in [0, 0.1) is 0 Å². The molecule has 1 aliphatic heterocycles. The standard InChI is InChI=1S/C16H18N2O6S2/c17-25(19,20)13-4-2-12(3-5-13)11-18-26(21,22)14-6-7-15-16(10-14)24-9-1-8-23-15/h2-7,10,18H,1,8-9,11H2,(H2,17,19,20). The molecule has 0 aliphatic carbocycles. The van der Waals surface area contributed by atoms with Gasteiger partial charge in [-0.05, 0) is 29.8 Å². The highest BCUT2D eigenvalue weighted by atomic mass is 32.2. The molecule has 8 nitrogen and oxygen atoms in total. The van der Waals surface area contributed by atoms with Gasteiger partial charge in [-0.2, -0.15) is 0 Å². The summed E-state index contributed by atoms with van der Waals surface area (Å²) < 4.78 is 60.9. The van der Waals surface area contributed by atoms with Crippen LogP contribution in [0.15, 0.2) is 52.3 Å². The molecule has 3 N–H and O–H groups in total. The molecule has 2 aromatic carbocycles. The topological polar surface area (TPSA) is 125 Å². The molecule has 140 valence electrons. The van der Waals surface area contributed by atoms with Crippen LogP contribution in [0.5, 0.6) is 11.5 Å². The fourth-order valence-electron chi connectivity index (χ4n) is 2.37. The number of benzene rings is 2. The van der Waals surface area contributed by atoms with E-state index >= 15 is 0 Å². The largest absolute Gasteiger partial charge is 0.490 e. The van der Waals surface area contributed by atoms with Gasteiger partial charge in [-0.3, -0.25) is 0 Å². The van der Waals surface area contributed by atoms with Gasteiger partial charge in [0.05, 0.1) is 23.0 Å². The summed E-state index contributed by atoms with van der Waals surface area (Å²) in [5, 5.41) is 5.03. The van der Waals surface area contributed by atoms with Crippen LogP contribution < -0.4 is 19.3 Å². The maximum Gasteiger partial charge on any atom is 0.241 e. The second kappa shape index (κ2) is 7.23. The Labute approximate surface area is 152 Å². The molecule has 26 heavy (non-hydrogen) atoms. The third-order valence-corrected chi connectivity index (χ3v) is 6.08. The predicted molar refractivity (Wildman–Crippen MR) is 93.9 cm³/mol. The number of nitrogens with two attached hydrogens (primary N) is 1. The lowest BCUT2D eigenvalue weighted by Crippen LogP contribution is -2.23. The van der Waals surface area contributed by atoms with E-state index in [0.717, 1.165) is 6.42 Å². The molecule has 0 aromatic heterocycles. The maximum absolute atomic E-state index is 12.5. The van der Waals surface area contributed by atoms with Crippen molar-refractivity contribution in [3.05, 3.63) is 48.0 Å². The first-order valence-corrected chi connectivity index (χ1v) is 10.8.